The van der Waals surface area contributed by atoms with Gasteiger partial charge in [0.2, 0.25) is 0 Å². The second-order valence-corrected chi connectivity index (χ2v) is 6.61. The van der Waals surface area contributed by atoms with Crippen molar-refractivity contribution >= 4 is 17.6 Å². The number of carbonyl (C=O) groups is 1. The third-order valence-electron chi connectivity index (χ3n) is 4.23. The van der Waals surface area contributed by atoms with Gasteiger partial charge in [-0.15, -0.1) is 0 Å². The summed E-state index contributed by atoms with van der Waals surface area (Å²) in [6.45, 7) is 6.26. The Hall–Kier alpha value is -1.09. The van der Waals surface area contributed by atoms with Crippen molar-refractivity contribution in [1.29, 1.82) is 0 Å². The van der Waals surface area contributed by atoms with E-state index in [9.17, 15) is 4.79 Å². The van der Waals surface area contributed by atoms with Crippen LogP contribution in [0.5, 0.6) is 0 Å². The van der Waals surface area contributed by atoms with Crippen LogP contribution in [0, 0.1) is 5.92 Å². The van der Waals surface area contributed by atoms with Gasteiger partial charge >= 0.3 is 5.97 Å². The lowest BCUT2D eigenvalue weighted by atomic mass is 9.85. The molecule has 116 valence electrons. The molecule has 0 aliphatic heterocycles. The van der Waals surface area contributed by atoms with Crippen LogP contribution in [0.25, 0.3) is 0 Å². The van der Waals surface area contributed by atoms with Crippen molar-refractivity contribution in [2.45, 2.75) is 64.9 Å². The van der Waals surface area contributed by atoms with Crippen LogP contribution in [0.2, 0.25) is 5.15 Å². The number of hydrogen-bond donors (Lipinski definition) is 0. The van der Waals surface area contributed by atoms with Gasteiger partial charge in [-0.05, 0) is 43.2 Å². The molecule has 1 fully saturated rings. The van der Waals surface area contributed by atoms with E-state index >= 15 is 0 Å². The number of rotatable bonds is 4. The van der Waals surface area contributed by atoms with Crippen LogP contribution in [0.15, 0.2) is 12.1 Å². The van der Waals surface area contributed by atoms with Gasteiger partial charge in [0.1, 0.15) is 11.3 Å². The molecule has 4 heteroatoms. The molecule has 0 aromatic carbocycles. The minimum Gasteiger partial charge on any atom is -0.459 e. The lowest BCUT2D eigenvalue weighted by molar-refractivity contribution is 0.0139. The smallest absolute Gasteiger partial charge is 0.338 e. The molecule has 3 nitrogen and oxygen atoms in total. The molecule has 0 radical (unpaired) electrons. The highest BCUT2D eigenvalue weighted by Crippen LogP contribution is 2.29. The van der Waals surface area contributed by atoms with E-state index in [2.05, 4.69) is 11.9 Å². The predicted octanol–water partition coefficient (Wildman–Crippen LogP) is 4.98. The summed E-state index contributed by atoms with van der Waals surface area (Å²) in [6, 6.07) is 3.38. The van der Waals surface area contributed by atoms with E-state index in [4.69, 9.17) is 16.3 Å². The molecule has 1 aromatic heterocycles. The summed E-state index contributed by atoms with van der Waals surface area (Å²) in [4.78, 5) is 16.6. The van der Waals surface area contributed by atoms with Crippen molar-refractivity contribution in [3.05, 3.63) is 28.5 Å². The normalized spacial score (nSPS) is 22.3. The number of pyridine rings is 1. The quantitative estimate of drug-likeness (QED) is 0.581. The van der Waals surface area contributed by atoms with E-state index < -0.39 is 0 Å². The van der Waals surface area contributed by atoms with Crippen LogP contribution in [-0.2, 0) is 4.74 Å². The second-order valence-electron chi connectivity index (χ2n) is 6.23. The maximum atomic E-state index is 12.3. The van der Waals surface area contributed by atoms with E-state index in [1.165, 1.54) is 6.42 Å². The molecule has 1 aliphatic rings. The number of halogens is 1. The molecular formula is C17H24ClNO2. The summed E-state index contributed by atoms with van der Waals surface area (Å²) in [6.07, 6.45) is 5.56. The zero-order valence-electron chi connectivity index (χ0n) is 13.1. The molecule has 2 rings (SSSR count). The van der Waals surface area contributed by atoms with Crippen molar-refractivity contribution < 1.29 is 9.53 Å². The molecule has 2 unspecified atom stereocenters. The van der Waals surface area contributed by atoms with Gasteiger partial charge in [0.25, 0.3) is 0 Å². The van der Waals surface area contributed by atoms with Gasteiger partial charge in [0.15, 0.2) is 0 Å². The summed E-state index contributed by atoms with van der Waals surface area (Å²) < 4.78 is 5.67. The van der Waals surface area contributed by atoms with E-state index in [1.54, 1.807) is 12.1 Å². The highest BCUT2D eigenvalue weighted by molar-refractivity contribution is 6.29. The zero-order chi connectivity index (χ0) is 15.4. The molecule has 1 aromatic rings. The number of ether oxygens (including phenoxy) is 1. The summed E-state index contributed by atoms with van der Waals surface area (Å²) >= 11 is 6.01. The molecule has 0 amide bonds. The van der Waals surface area contributed by atoms with E-state index in [-0.39, 0.29) is 18.0 Å². The number of aromatic nitrogens is 1. The summed E-state index contributed by atoms with van der Waals surface area (Å²) in [7, 11) is 0. The number of nitrogens with zero attached hydrogens (tertiary/aromatic N) is 1. The highest BCUT2D eigenvalue weighted by atomic mass is 35.5. The van der Waals surface area contributed by atoms with Crippen LogP contribution in [0.4, 0.5) is 0 Å². The largest absolute Gasteiger partial charge is 0.459 e. The Bertz CT molecular complexity index is 502. The van der Waals surface area contributed by atoms with Crippen molar-refractivity contribution in [3.8, 4) is 0 Å². The third-order valence-corrected chi connectivity index (χ3v) is 4.42. The van der Waals surface area contributed by atoms with E-state index in [0.29, 0.717) is 16.6 Å². The zero-order valence-corrected chi connectivity index (χ0v) is 13.8. The molecule has 1 heterocycles. The van der Waals surface area contributed by atoms with Crippen molar-refractivity contribution in [3.63, 3.8) is 0 Å². The molecule has 0 spiro atoms. The van der Waals surface area contributed by atoms with Gasteiger partial charge in [0, 0.05) is 5.69 Å². The summed E-state index contributed by atoms with van der Waals surface area (Å²) in [5.41, 5.74) is 1.34. The van der Waals surface area contributed by atoms with Gasteiger partial charge in [0.05, 0.1) is 5.56 Å². The maximum absolute atomic E-state index is 12.3. The Kier molecular flexibility index (Phi) is 5.63. The Morgan fingerprint density at radius 2 is 2.19 bits per heavy atom. The summed E-state index contributed by atoms with van der Waals surface area (Å²) in [5.74, 6) is 0.640. The first-order valence-corrected chi connectivity index (χ1v) is 8.25. The van der Waals surface area contributed by atoms with Crippen LogP contribution in [0.1, 0.15) is 74.8 Å². The molecule has 0 N–H and O–H groups in total. The Labute approximate surface area is 132 Å². The van der Waals surface area contributed by atoms with Crippen LogP contribution >= 0.6 is 11.6 Å². The Morgan fingerprint density at radius 1 is 1.43 bits per heavy atom. The van der Waals surface area contributed by atoms with Gasteiger partial charge < -0.3 is 4.74 Å². The fraction of sp³-hybridized carbons (Fsp3) is 0.647. The average molecular weight is 310 g/mol. The summed E-state index contributed by atoms with van der Waals surface area (Å²) in [5, 5.41) is 0.350. The first-order chi connectivity index (χ1) is 9.99. The third kappa shape index (κ3) is 4.44. The fourth-order valence-electron chi connectivity index (χ4n) is 2.87. The number of hydrogen-bond acceptors (Lipinski definition) is 3. The maximum Gasteiger partial charge on any atom is 0.338 e. The minimum atomic E-state index is -0.275. The molecule has 21 heavy (non-hydrogen) atoms. The molecule has 1 saturated carbocycles. The Morgan fingerprint density at radius 3 is 2.86 bits per heavy atom. The van der Waals surface area contributed by atoms with Gasteiger partial charge in [-0.3, -0.25) is 0 Å². The monoisotopic (exact) mass is 309 g/mol. The molecular weight excluding hydrogens is 286 g/mol. The van der Waals surface area contributed by atoms with E-state index in [0.717, 1.165) is 31.4 Å². The second kappa shape index (κ2) is 7.26. The van der Waals surface area contributed by atoms with Crippen LogP contribution < -0.4 is 0 Å². The van der Waals surface area contributed by atoms with Crippen molar-refractivity contribution in [1.82, 2.24) is 4.98 Å². The van der Waals surface area contributed by atoms with Gasteiger partial charge in [-0.2, -0.15) is 0 Å². The van der Waals surface area contributed by atoms with Crippen molar-refractivity contribution in [2.24, 2.45) is 5.92 Å². The SMILES string of the molecule is CCC1CCCC(OC(=O)c2cc(Cl)nc(C(C)C)c2)C1. The highest BCUT2D eigenvalue weighted by Gasteiger charge is 2.24. The average Bonchev–Trinajstić information content (AvgIpc) is 2.46. The molecule has 0 saturated heterocycles. The topological polar surface area (TPSA) is 39.2 Å². The first kappa shape index (κ1) is 16.3. The predicted molar refractivity (Wildman–Crippen MR) is 84.8 cm³/mol. The van der Waals surface area contributed by atoms with Crippen LogP contribution in [0.3, 0.4) is 0 Å². The van der Waals surface area contributed by atoms with Gasteiger partial charge in [-0.25, -0.2) is 9.78 Å². The number of carbonyl (C=O) groups excluding carboxylic acids is 1. The standard InChI is InChI=1S/C17H24ClNO2/c1-4-12-6-5-7-14(8-12)21-17(20)13-9-15(11(2)3)19-16(18)10-13/h9-12,14H,4-8H2,1-3H3. The van der Waals surface area contributed by atoms with Crippen molar-refractivity contribution in [2.75, 3.05) is 0 Å². The lowest BCUT2D eigenvalue weighted by Gasteiger charge is -2.28. The fourth-order valence-corrected chi connectivity index (χ4v) is 3.08. The Balaban J connectivity index is 2.06. The molecule has 1 aliphatic carbocycles. The minimum absolute atomic E-state index is 0.0469. The van der Waals surface area contributed by atoms with Crippen LogP contribution in [-0.4, -0.2) is 17.1 Å². The molecule has 0 bridgehead atoms. The van der Waals surface area contributed by atoms with Gasteiger partial charge in [-0.1, -0.05) is 45.2 Å². The number of esters is 1. The lowest BCUT2D eigenvalue weighted by Crippen LogP contribution is -2.25. The first-order valence-electron chi connectivity index (χ1n) is 7.88. The van der Waals surface area contributed by atoms with E-state index in [1.807, 2.05) is 13.8 Å². The molecule has 2 atom stereocenters.